The SMILES string of the molecule is C=CCCC(O)c1ccncc1CC. The van der Waals surface area contributed by atoms with Gasteiger partial charge < -0.3 is 5.11 Å². The molecule has 0 spiro atoms. The molecule has 0 saturated heterocycles. The van der Waals surface area contributed by atoms with Gasteiger partial charge in [-0.2, -0.15) is 0 Å². The molecule has 0 aliphatic heterocycles. The Hall–Kier alpha value is -1.15. The molecule has 0 bridgehead atoms. The van der Waals surface area contributed by atoms with Crippen molar-refractivity contribution in [3.8, 4) is 0 Å². The van der Waals surface area contributed by atoms with Crippen molar-refractivity contribution in [1.29, 1.82) is 0 Å². The molecule has 1 aromatic rings. The summed E-state index contributed by atoms with van der Waals surface area (Å²) in [5, 5.41) is 9.89. The zero-order valence-electron chi connectivity index (χ0n) is 8.61. The topological polar surface area (TPSA) is 33.1 Å². The van der Waals surface area contributed by atoms with Crippen LogP contribution in [0, 0.1) is 0 Å². The molecule has 0 aliphatic carbocycles. The van der Waals surface area contributed by atoms with E-state index in [0.29, 0.717) is 0 Å². The molecule has 2 nitrogen and oxygen atoms in total. The Morgan fingerprint density at radius 2 is 2.43 bits per heavy atom. The van der Waals surface area contributed by atoms with Crippen LogP contribution in [0.25, 0.3) is 0 Å². The molecule has 1 rings (SSSR count). The summed E-state index contributed by atoms with van der Waals surface area (Å²) in [6, 6.07) is 1.90. The van der Waals surface area contributed by atoms with Gasteiger partial charge in [-0.15, -0.1) is 6.58 Å². The fourth-order valence-electron chi connectivity index (χ4n) is 1.49. The van der Waals surface area contributed by atoms with Crippen LogP contribution in [-0.4, -0.2) is 10.1 Å². The molecular weight excluding hydrogens is 174 g/mol. The number of aromatic nitrogens is 1. The lowest BCUT2D eigenvalue weighted by Gasteiger charge is -2.13. The van der Waals surface area contributed by atoms with E-state index in [-0.39, 0.29) is 6.10 Å². The maximum absolute atomic E-state index is 9.89. The van der Waals surface area contributed by atoms with Crippen molar-refractivity contribution in [1.82, 2.24) is 4.98 Å². The molecule has 2 heteroatoms. The summed E-state index contributed by atoms with van der Waals surface area (Å²) in [5.74, 6) is 0. The first-order valence-electron chi connectivity index (χ1n) is 5.01. The zero-order valence-corrected chi connectivity index (χ0v) is 8.61. The lowest BCUT2D eigenvalue weighted by molar-refractivity contribution is 0.167. The highest BCUT2D eigenvalue weighted by Gasteiger charge is 2.09. The van der Waals surface area contributed by atoms with Gasteiger partial charge in [0.25, 0.3) is 0 Å². The van der Waals surface area contributed by atoms with E-state index in [1.54, 1.807) is 6.20 Å². The van der Waals surface area contributed by atoms with Crippen LogP contribution in [0.5, 0.6) is 0 Å². The van der Waals surface area contributed by atoms with Crippen molar-refractivity contribution in [2.45, 2.75) is 32.3 Å². The Labute approximate surface area is 85.3 Å². The summed E-state index contributed by atoms with van der Waals surface area (Å²) in [6.45, 7) is 5.72. The van der Waals surface area contributed by atoms with E-state index in [2.05, 4.69) is 18.5 Å². The summed E-state index contributed by atoms with van der Waals surface area (Å²) >= 11 is 0. The van der Waals surface area contributed by atoms with Gasteiger partial charge in [0.15, 0.2) is 0 Å². The number of hydrogen-bond donors (Lipinski definition) is 1. The van der Waals surface area contributed by atoms with Gasteiger partial charge in [-0.25, -0.2) is 0 Å². The van der Waals surface area contributed by atoms with E-state index in [9.17, 15) is 5.11 Å². The second-order valence-corrected chi connectivity index (χ2v) is 3.31. The van der Waals surface area contributed by atoms with Crippen LogP contribution < -0.4 is 0 Å². The Bertz CT molecular complexity index is 296. The van der Waals surface area contributed by atoms with E-state index >= 15 is 0 Å². The number of pyridine rings is 1. The molecule has 1 unspecified atom stereocenters. The number of aryl methyl sites for hydroxylation is 1. The molecular formula is C12H17NO. The van der Waals surface area contributed by atoms with Crippen molar-refractivity contribution in [3.63, 3.8) is 0 Å². The quantitative estimate of drug-likeness (QED) is 0.726. The summed E-state index contributed by atoms with van der Waals surface area (Å²) in [4.78, 5) is 4.05. The second kappa shape index (κ2) is 5.55. The first kappa shape index (κ1) is 10.9. The summed E-state index contributed by atoms with van der Waals surface area (Å²) in [7, 11) is 0. The third-order valence-corrected chi connectivity index (χ3v) is 2.33. The maximum Gasteiger partial charge on any atom is 0.0796 e. The first-order valence-corrected chi connectivity index (χ1v) is 5.01. The van der Waals surface area contributed by atoms with E-state index < -0.39 is 0 Å². The summed E-state index contributed by atoms with van der Waals surface area (Å²) < 4.78 is 0. The molecule has 76 valence electrons. The van der Waals surface area contributed by atoms with Crippen LogP contribution in [0.4, 0.5) is 0 Å². The average molecular weight is 191 g/mol. The van der Waals surface area contributed by atoms with Crippen molar-refractivity contribution >= 4 is 0 Å². The minimum atomic E-state index is -0.383. The number of allylic oxidation sites excluding steroid dienone is 1. The standard InChI is InChI=1S/C12H17NO/c1-3-5-6-12(14)11-7-8-13-9-10(11)4-2/h3,7-9,12,14H,1,4-6H2,2H3. The Morgan fingerprint density at radius 3 is 3.07 bits per heavy atom. The van der Waals surface area contributed by atoms with Gasteiger partial charge in [0.05, 0.1) is 6.10 Å². The molecule has 0 amide bonds. The fourth-order valence-corrected chi connectivity index (χ4v) is 1.49. The number of hydrogen-bond acceptors (Lipinski definition) is 2. The zero-order chi connectivity index (χ0) is 10.4. The van der Waals surface area contributed by atoms with Gasteiger partial charge >= 0.3 is 0 Å². The number of aliphatic hydroxyl groups is 1. The molecule has 0 aliphatic rings. The van der Waals surface area contributed by atoms with E-state index in [1.807, 2.05) is 18.3 Å². The monoisotopic (exact) mass is 191 g/mol. The average Bonchev–Trinajstić information content (AvgIpc) is 2.25. The van der Waals surface area contributed by atoms with Gasteiger partial charge in [-0.1, -0.05) is 13.0 Å². The van der Waals surface area contributed by atoms with E-state index in [4.69, 9.17) is 0 Å². The van der Waals surface area contributed by atoms with Crippen LogP contribution in [-0.2, 0) is 6.42 Å². The molecule has 0 saturated carbocycles. The highest BCUT2D eigenvalue weighted by atomic mass is 16.3. The predicted molar refractivity (Wildman–Crippen MR) is 58.0 cm³/mol. The molecule has 0 fully saturated rings. The van der Waals surface area contributed by atoms with Crippen molar-refractivity contribution in [2.75, 3.05) is 0 Å². The fraction of sp³-hybridized carbons (Fsp3) is 0.417. The molecule has 0 radical (unpaired) electrons. The van der Waals surface area contributed by atoms with Crippen LogP contribution in [0.15, 0.2) is 31.1 Å². The van der Waals surface area contributed by atoms with Crippen molar-refractivity contribution in [2.24, 2.45) is 0 Å². The predicted octanol–water partition coefficient (Wildman–Crippen LogP) is 2.64. The normalized spacial score (nSPS) is 12.4. The minimum absolute atomic E-state index is 0.383. The lowest BCUT2D eigenvalue weighted by atomic mass is 10.00. The molecule has 1 N–H and O–H groups in total. The Morgan fingerprint density at radius 1 is 1.64 bits per heavy atom. The first-order chi connectivity index (χ1) is 6.79. The van der Waals surface area contributed by atoms with Gasteiger partial charge in [0.1, 0.15) is 0 Å². The van der Waals surface area contributed by atoms with Crippen molar-refractivity contribution < 1.29 is 5.11 Å². The maximum atomic E-state index is 9.89. The number of nitrogens with zero attached hydrogens (tertiary/aromatic N) is 1. The van der Waals surface area contributed by atoms with Gasteiger partial charge in [-0.05, 0) is 36.5 Å². The van der Waals surface area contributed by atoms with Gasteiger partial charge in [0, 0.05) is 12.4 Å². The largest absolute Gasteiger partial charge is 0.388 e. The third kappa shape index (κ3) is 2.67. The van der Waals surface area contributed by atoms with Gasteiger partial charge in [0.2, 0.25) is 0 Å². The smallest absolute Gasteiger partial charge is 0.0796 e. The second-order valence-electron chi connectivity index (χ2n) is 3.31. The summed E-state index contributed by atoms with van der Waals surface area (Å²) in [5.41, 5.74) is 2.13. The third-order valence-electron chi connectivity index (χ3n) is 2.33. The van der Waals surface area contributed by atoms with E-state index in [1.165, 1.54) is 0 Å². The molecule has 1 atom stereocenters. The molecule has 1 aromatic heterocycles. The van der Waals surface area contributed by atoms with Crippen LogP contribution in [0.3, 0.4) is 0 Å². The van der Waals surface area contributed by atoms with E-state index in [0.717, 1.165) is 30.4 Å². The molecule has 14 heavy (non-hydrogen) atoms. The number of rotatable bonds is 5. The Balaban J connectivity index is 2.77. The summed E-state index contributed by atoms with van der Waals surface area (Å²) in [6.07, 6.45) is 7.49. The number of aliphatic hydroxyl groups excluding tert-OH is 1. The molecule has 0 aromatic carbocycles. The molecule has 1 heterocycles. The van der Waals surface area contributed by atoms with Crippen LogP contribution in [0.2, 0.25) is 0 Å². The highest BCUT2D eigenvalue weighted by Crippen LogP contribution is 2.21. The Kier molecular flexibility index (Phi) is 4.33. The van der Waals surface area contributed by atoms with Crippen LogP contribution in [0.1, 0.15) is 37.0 Å². The lowest BCUT2D eigenvalue weighted by Crippen LogP contribution is -2.01. The van der Waals surface area contributed by atoms with Crippen LogP contribution >= 0.6 is 0 Å². The van der Waals surface area contributed by atoms with Gasteiger partial charge in [-0.3, -0.25) is 4.98 Å². The minimum Gasteiger partial charge on any atom is -0.388 e. The highest BCUT2D eigenvalue weighted by molar-refractivity contribution is 5.25. The van der Waals surface area contributed by atoms with Crippen molar-refractivity contribution in [3.05, 3.63) is 42.2 Å².